The summed E-state index contributed by atoms with van der Waals surface area (Å²) in [4.78, 5) is 38.1. The molecule has 82 heavy (non-hydrogen) atoms. The van der Waals surface area contributed by atoms with E-state index in [0.717, 1.165) is 122 Å². The average molecular weight is 1140 g/mol. The maximum atomic E-state index is 12.9. The summed E-state index contributed by atoms with van der Waals surface area (Å²) in [6.07, 6.45) is 96.9. The molecule has 0 N–H and O–H groups in total. The Bertz CT molecular complexity index is 1690. The largest absolute Gasteiger partial charge is 0.462 e. The minimum atomic E-state index is -0.779. The molecule has 0 amide bonds. The highest BCUT2D eigenvalue weighted by Gasteiger charge is 2.19. The second-order valence-electron chi connectivity index (χ2n) is 22.7. The summed E-state index contributed by atoms with van der Waals surface area (Å²) in [5.74, 6) is -0.883. The fourth-order valence-electron chi connectivity index (χ4n) is 9.62. The quantitative estimate of drug-likeness (QED) is 0.0261. The maximum Gasteiger partial charge on any atom is 0.306 e. The second kappa shape index (κ2) is 69.3. The summed E-state index contributed by atoms with van der Waals surface area (Å²) in [6, 6.07) is 0. The first-order valence-electron chi connectivity index (χ1n) is 34.5. The van der Waals surface area contributed by atoms with Crippen molar-refractivity contribution in [3.63, 3.8) is 0 Å². The van der Waals surface area contributed by atoms with Crippen molar-refractivity contribution in [2.24, 2.45) is 0 Å². The van der Waals surface area contributed by atoms with Crippen LogP contribution in [0.1, 0.15) is 323 Å². The van der Waals surface area contributed by atoms with Crippen LogP contribution in [0.15, 0.2) is 122 Å². The summed E-state index contributed by atoms with van der Waals surface area (Å²) < 4.78 is 16.8. The molecule has 0 aliphatic heterocycles. The summed E-state index contributed by atoms with van der Waals surface area (Å²) >= 11 is 0. The minimum Gasteiger partial charge on any atom is -0.462 e. The number of carbonyl (C=O) groups excluding carboxylic acids is 3. The van der Waals surface area contributed by atoms with Crippen LogP contribution in [0.4, 0.5) is 0 Å². The van der Waals surface area contributed by atoms with Gasteiger partial charge in [-0.1, -0.05) is 316 Å². The maximum absolute atomic E-state index is 12.9. The first-order chi connectivity index (χ1) is 40.5. The number of rotatable bonds is 62. The van der Waals surface area contributed by atoms with Crippen LogP contribution in [0.3, 0.4) is 0 Å². The number of esters is 3. The summed E-state index contributed by atoms with van der Waals surface area (Å²) in [5, 5.41) is 0. The molecular weight excluding hydrogens is 1010 g/mol. The Balaban J connectivity index is 4.06. The third-order valence-electron chi connectivity index (χ3n) is 14.7. The van der Waals surface area contributed by atoms with Crippen LogP contribution in [0.5, 0.6) is 0 Å². The van der Waals surface area contributed by atoms with Crippen LogP contribution < -0.4 is 0 Å². The highest BCUT2D eigenvalue weighted by atomic mass is 16.6. The highest BCUT2D eigenvalue weighted by Crippen LogP contribution is 2.17. The second-order valence-corrected chi connectivity index (χ2v) is 22.7. The molecule has 0 heterocycles. The normalized spacial score (nSPS) is 12.9. The smallest absolute Gasteiger partial charge is 0.306 e. The van der Waals surface area contributed by atoms with Gasteiger partial charge in [-0.2, -0.15) is 0 Å². The number of carbonyl (C=O) groups is 3. The molecule has 0 aliphatic carbocycles. The van der Waals surface area contributed by atoms with Crippen molar-refractivity contribution in [3.05, 3.63) is 122 Å². The molecule has 6 heteroatoms. The van der Waals surface area contributed by atoms with Gasteiger partial charge in [0.25, 0.3) is 0 Å². The number of hydrogen-bond donors (Lipinski definition) is 0. The molecule has 0 aromatic heterocycles. The van der Waals surface area contributed by atoms with Gasteiger partial charge in [-0.25, -0.2) is 0 Å². The molecule has 6 nitrogen and oxygen atoms in total. The minimum absolute atomic E-state index is 0.0780. The average Bonchev–Trinajstić information content (AvgIpc) is 3.47. The van der Waals surface area contributed by atoms with Crippen molar-refractivity contribution in [1.29, 1.82) is 0 Å². The first kappa shape index (κ1) is 77.8. The molecule has 1 atom stereocenters. The third kappa shape index (κ3) is 66.6. The molecule has 0 aromatic rings. The van der Waals surface area contributed by atoms with Gasteiger partial charge in [0.2, 0.25) is 0 Å². The van der Waals surface area contributed by atoms with Gasteiger partial charge in [-0.15, -0.1) is 0 Å². The molecule has 0 aliphatic rings. The van der Waals surface area contributed by atoms with Crippen LogP contribution in [-0.4, -0.2) is 37.2 Å². The Morgan fingerprint density at radius 2 is 0.476 bits per heavy atom. The van der Waals surface area contributed by atoms with E-state index in [2.05, 4.69) is 142 Å². The zero-order valence-corrected chi connectivity index (χ0v) is 53.7. The summed E-state index contributed by atoms with van der Waals surface area (Å²) in [6.45, 7) is 6.38. The van der Waals surface area contributed by atoms with E-state index in [1.54, 1.807) is 0 Å². The molecule has 1 unspecified atom stereocenters. The number of ether oxygens (including phenoxy) is 3. The molecule has 0 rings (SSSR count). The lowest BCUT2D eigenvalue weighted by atomic mass is 10.0. The van der Waals surface area contributed by atoms with Crippen LogP contribution in [0, 0.1) is 0 Å². The standard InChI is InChI=1S/C76H128O6/c1-4-7-10-13-16-18-20-22-24-26-28-30-32-34-36-38-40-42-44-46-48-50-52-54-56-58-60-63-66-69-75(78)81-72-73(71-80-74(77)68-65-62-15-12-9-6-3)82-76(79)70-67-64-61-59-57-55-53-51-49-47-45-43-41-39-37-35-33-31-29-27-25-23-21-19-17-14-11-8-5-2/h7-8,10-11,16-19,22-25,28-31,34,36,40,42,73H,4-6,9,12-15,20-21,26-27,32-33,35,37-39,41,43-72H2,1-3H3/b10-7-,11-8-,18-16-,19-17-,24-22-,25-23-,30-28-,31-29-,36-34-,42-40-. The van der Waals surface area contributed by atoms with E-state index < -0.39 is 6.10 Å². The molecule has 0 aromatic carbocycles. The van der Waals surface area contributed by atoms with Gasteiger partial charge in [-0.3, -0.25) is 14.4 Å². The molecule has 0 radical (unpaired) electrons. The van der Waals surface area contributed by atoms with Gasteiger partial charge in [0.15, 0.2) is 6.10 Å². The van der Waals surface area contributed by atoms with E-state index >= 15 is 0 Å². The Morgan fingerprint density at radius 1 is 0.256 bits per heavy atom. The molecule has 468 valence electrons. The van der Waals surface area contributed by atoms with Crippen LogP contribution in [0.25, 0.3) is 0 Å². The molecule has 0 spiro atoms. The van der Waals surface area contributed by atoms with E-state index in [0.29, 0.717) is 19.3 Å². The predicted molar refractivity (Wildman–Crippen MR) is 357 cm³/mol. The van der Waals surface area contributed by atoms with Crippen molar-refractivity contribution >= 4 is 17.9 Å². The van der Waals surface area contributed by atoms with Crippen LogP contribution in [0.2, 0.25) is 0 Å². The zero-order valence-electron chi connectivity index (χ0n) is 53.7. The lowest BCUT2D eigenvalue weighted by molar-refractivity contribution is -0.167. The van der Waals surface area contributed by atoms with Gasteiger partial charge in [0, 0.05) is 19.3 Å². The van der Waals surface area contributed by atoms with E-state index in [9.17, 15) is 14.4 Å². The lowest BCUT2D eigenvalue weighted by Crippen LogP contribution is -2.30. The van der Waals surface area contributed by atoms with E-state index in [1.807, 2.05) is 0 Å². The molecule has 0 saturated carbocycles. The van der Waals surface area contributed by atoms with Gasteiger partial charge in [0.05, 0.1) is 0 Å². The predicted octanol–water partition coefficient (Wildman–Crippen LogP) is 23.9. The van der Waals surface area contributed by atoms with Crippen molar-refractivity contribution in [3.8, 4) is 0 Å². The monoisotopic (exact) mass is 1140 g/mol. The van der Waals surface area contributed by atoms with Crippen molar-refractivity contribution in [2.75, 3.05) is 13.2 Å². The highest BCUT2D eigenvalue weighted by molar-refractivity contribution is 5.71. The summed E-state index contributed by atoms with van der Waals surface area (Å²) in [5.41, 5.74) is 0. The van der Waals surface area contributed by atoms with E-state index in [4.69, 9.17) is 14.2 Å². The van der Waals surface area contributed by atoms with Gasteiger partial charge < -0.3 is 14.2 Å². The van der Waals surface area contributed by atoms with Crippen molar-refractivity contribution in [2.45, 2.75) is 329 Å². The van der Waals surface area contributed by atoms with Crippen molar-refractivity contribution in [1.82, 2.24) is 0 Å². The van der Waals surface area contributed by atoms with Crippen molar-refractivity contribution < 1.29 is 28.6 Å². The Kier molecular flexibility index (Phi) is 65.8. The number of allylic oxidation sites excluding steroid dienone is 20. The molecule has 0 saturated heterocycles. The lowest BCUT2D eigenvalue weighted by Gasteiger charge is -2.18. The summed E-state index contributed by atoms with van der Waals surface area (Å²) in [7, 11) is 0. The number of hydrogen-bond acceptors (Lipinski definition) is 6. The molecule has 0 fully saturated rings. The molecular formula is C76H128O6. The van der Waals surface area contributed by atoms with Gasteiger partial charge >= 0.3 is 17.9 Å². The van der Waals surface area contributed by atoms with Crippen LogP contribution in [-0.2, 0) is 28.6 Å². The third-order valence-corrected chi connectivity index (χ3v) is 14.7. The van der Waals surface area contributed by atoms with Gasteiger partial charge in [-0.05, 0) is 109 Å². The fraction of sp³-hybridized carbons (Fsp3) is 0.697. The Labute approximate surface area is 507 Å². The zero-order chi connectivity index (χ0) is 59.2. The topological polar surface area (TPSA) is 78.9 Å². The fourth-order valence-corrected chi connectivity index (χ4v) is 9.62. The molecule has 0 bridgehead atoms. The number of unbranched alkanes of at least 4 members (excludes halogenated alkanes) is 31. The Hall–Kier alpha value is -4.19. The van der Waals surface area contributed by atoms with Crippen LogP contribution >= 0.6 is 0 Å². The SMILES string of the molecule is CC/C=C\C/C=C\C/C=C\C/C=C\C/C=C\C/C=C\CCCCCCCCCCCCC(=O)OCC(COC(=O)CCCCCCCC)OC(=O)CCCCCCCCCCCCCCCCCC/C=C\C/C=C\C/C=C\C/C=C\CC. The van der Waals surface area contributed by atoms with E-state index in [1.165, 1.54) is 161 Å². The first-order valence-corrected chi connectivity index (χ1v) is 34.5. The van der Waals surface area contributed by atoms with E-state index in [-0.39, 0.29) is 31.1 Å². The Morgan fingerprint density at radius 3 is 0.744 bits per heavy atom. The van der Waals surface area contributed by atoms with Gasteiger partial charge in [0.1, 0.15) is 13.2 Å².